The van der Waals surface area contributed by atoms with Crippen molar-refractivity contribution in [3.8, 4) is 0 Å². The number of nitrogens with zero attached hydrogens (tertiary/aromatic N) is 2. The van der Waals surface area contributed by atoms with E-state index in [0.717, 1.165) is 10.7 Å². The normalized spacial score (nSPS) is 10.8. The summed E-state index contributed by atoms with van der Waals surface area (Å²) in [4.78, 5) is 5.06. The number of hydrogen-bond donors (Lipinski definition) is 0. The van der Waals surface area contributed by atoms with Crippen molar-refractivity contribution < 1.29 is 0 Å². The van der Waals surface area contributed by atoms with E-state index in [1.165, 1.54) is 0 Å². The SMILES string of the molecule is Cc1[c]nc2sccn12. The average Bonchev–Trinajstić information content (AvgIpc) is 2.35. The Morgan fingerprint density at radius 2 is 2.67 bits per heavy atom. The number of aromatic nitrogens is 2. The monoisotopic (exact) mass is 137 g/mol. The summed E-state index contributed by atoms with van der Waals surface area (Å²) < 4.78 is 2.02. The Morgan fingerprint density at radius 3 is 3.44 bits per heavy atom. The van der Waals surface area contributed by atoms with E-state index in [4.69, 9.17) is 0 Å². The molecule has 0 spiro atoms. The fraction of sp³-hybridized carbons (Fsp3) is 0.167. The third kappa shape index (κ3) is 0.580. The van der Waals surface area contributed by atoms with Crippen molar-refractivity contribution in [3.05, 3.63) is 23.5 Å². The van der Waals surface area contributed by atoms with Gasteiger partial charge in [0.15, 0.2) is 4.96 Å². The second kappa shape index (κ2) is 1.57. The minimum absolute atomic E-state index is 1.02. The maximum atomic E-state index is 4.03. The number of fused-ring (bicyclic) bond motifs is 1. The summed E-state index contributed by atoms with van der Waals surface area (Å²) in [5.41, 5.74) is 1.08. The fourth-order valence-corrected chi connectivity index (χ4v) is 1.50. The van der Waals surface area contributed by atoms with E-state index >= 15 is 0 Å². The van der Waals surface area contributed by atoms with Gasteiger partial charge in [0.05, 0.1) is 0 Å². The van der Waals surface area contributed by atoms with Crippen LogP contribution >= 0.6 is 11.3 Å². The van der Waals surface area contributed by atoms with Crippen LogP contribution in [0.4, 0.5) is 0 Å². The molecule has 0 aliphatic rings. The molecule has 9 heavy (non-hydrogen) atoms. The third-order valence-electron chi connectivity index (χ3n) is 1.26. The van der Waals surface area contributed by atoms with Gasteiger partial charge in [0.25, 0.3) is 0 Å². The smallest absolute Gasteiger partial charge is 0.194 e. The Kier molecular flexibility index (Phi) is 0.873. The Balaban J connectivity index is 2.99. The van der Waals surface area contributed by atoms with Crippen LogP contribution in [0.15, 0.2) is 11.6 Å². The second-order valence-electron chi connectivity index (χ2n) is 1.86. The van der Waals surface area contributed by atoms with E-state index in [0.29, 0.717) is 0 Å². The maximum Gasteiger partial charge on any atom is 0.194 e. The number of imidazole rings is 1. The molecule has 2 rings (SSSR count). The van der Waals surface area contributed by atoms with Gasteiger partial charge in [-0.05, 0) is 6.92 Å². The number of hydrogen-bond acceptors (Lipinski definition) is 2. The zero-order valence-corrected chi connectivity index (χ0v) is 5.77. The highest BCUT2D eigenvalue weighted by Gasteiger charge is 1.96. The zero-order chi connectivity index (χ0) is 6.27. The molecule has 45 valence electrons. The van der Waals surface area contributed by atoms with Crippen LogP contribution in [0.3, 0.4) is 0 Å². The van der Waals surface area contributed by atoms with Crippen LogP contribution in [0.2, 0.25) is 0 Å². The lowest BCUT2D eigenvalue weighted by atomic mass is 10.6. The quantitative estimate of drug-likeness (QED) is 0.538. The first-order chi connectivity index (χ1) is 4.38. The molecular weight excluding hydrogens is 132 g/mol. The molecule has 1 radical (unpaired) electrons. The number of thiazole rings is 1. The van der Waals surface area contributed by atoms with Crippen LogP contribution < -0.4 is 0 Å². The molecule has 0 atom stereocenters. The average molecular weight is 137 g/mol. The maximum absolute atomic E-state index is 4.03. The molecule has 0 saturated heterocycles. The lowest BCUT2D eigenvalue weighted by Gasteiger charge is -1.81. The third-order valence-corrected chi connectivity index (χ3v) is 2.02. The summed E-state index contributed by atoms with van der Waals surface area (Å²) in [6.45, 7) is 1.99. The first kappa shape index (κ1) is 4.99. The summed E-state index contributed by atoms with van der Waals surface area (Å²) >= 11 is 1.63. The molecule has 2 heterocycles. The van der Waals surface area contributed by atoms with Crippen molar-refractivity contribution in [2.75, 3.05) is 0 Å². The van der Waals surface area contributed by atoms with Gasteiger partial charge in [-0.15, -0.1) is 11.3 Å². The highest BCUT2D eigenvalue weighted by Crippen LogP contribution is 2.10. The van der Waals surface area contributed by atoms with Gasteiger partial charge in [-0.25, -0.2) is 4.98 Å². The Labute approximate surface area is 56.8 Å². The molecule has 0 saturated carbocycles. The first-order valence-electron chi connectivity index (χ1n) is 2.68. The zero-order valence-electron chi connectivity index (χ0n) is 4.96. The fourth-order valence-electron chi connectivity index (χ4n) is 0.791. The van der Waals surface area contributed by atoms with Crippen molar-refractivity contribution in [1.82, 2.24) is 9.38 Å². The van der Waals surface area contributed by atoms with E-state index in [1.807, 2.05) is 22.9 Å². The molecule has 0 aliphatic carbocycles. The summed E-state index contributed by atoms with van der Waals surface area (Å²) in [6, 6.07) is 0. The lowest BCUT2D eigenvalue weighted by molar-refractivity contribution is 1.14. The van der Waals surface area contributed by atoms with Crippen LogP contribution in [-0.2, 0) is 0 Å². The van der Waals surface area contributed by atoms with Crippen molar-refractivity contribution >= 4 is 16.3 Å². The summed E-state index contributed by atoms with van der Waals surface area (Å²) in [5.74, 6) is 0. The standard InChI is InChI=1S/C6H5N2S/c1-5-4-7-6-8(5)2-3-9-6/h2-3H,1H3. The van der Waals surface area contributed by atoms with Crippen molar-refractivity contribution in [2.24, 2.45) is 0 Å². The van der Waals surface area contributed by atoms with Gasteiger partial charge in [0.1, 0.15) is 6.20 Å². The summed E-state index contributed by atoms with van der Waals surface area (Å²) in [5, 5.41) is 2.02. The molecule has 2 aromatic heterocycles. The molecule has 0 fully saturated rings. The molecule has 0 bridgehead atoms. The van der Waals surface area contributed by atoms with Crippen LogP contribution in [-0.4, -0.2) is 9.38 Å². The van der Waals surface area contributed by atoms with E-state index in [-0.39, 0.29) is 0 Å². The van der Waals surface area contributed by atoms with Gasteiger partial charge in [0.2, 0.25) is 0 Å². The Hall–Kier alpha value is -0.830. The van der Waals surface area contributed by atoms with E-state index in [1.54, 1.807) is 11.3 Å². The molecular formula is C6H5N2S. The topological polar surface area (TPSA) is 17.3 Å². The Bertz CT molecular complexity index is 320. The van der Waals surface area contributed by atoms with Crippen molar-refractivity contribution in [2.45, 2.75) is 6.92 Å². The molecule has 0 aliphatic heterocycles. The largest absolute Gasteiger partial charge is 0.294 e. The Morgan fingerprint density at radius 1 is 1.78 bits per heavy atom. The van der Waals surface area contributed by atoms with Gasteiger partial charge in [-0.3, -0.25) is 4.40 Å². The predicted octanol–water partition coefficient (Wildman–Crippen LogP) is 1.50. The molecule has 0 unspecified atom stereocenters. The van der Waals surface area contributed by atoms with Gasteiger partial charge in [-0.1, -0.05) is 0 Å². The molecule has 2 nitrogen and oxygen atoms in total. The van der Waals surface area contributed by atoms with Gasteiger partial charge in [-0.2, -0.15) is 0 Å². The minimum atomic E-state index is 1.02. The predicted molar refractivity (Wildman–Crippen MR) is 36.6 cm³/mol. The number of aryl methyl sites for hydroxylation is 1. The molecule has 0 amide bonds. The van der Waals surface area contributed by atoms with Gasteiger partial charge >= 0.3 is 0 Å². The lowest BCUT2D eigenvalue weighted by Crippen LogP contribution is -1.76. The van der Waals surface area contributed by atoms with Crippen LogP contribution in [0.1, 0.15) is 5.69 Å². The first-order valence-corrected chi connectivity index (χ1v) is 3.56. The molecule has 0 aromatic carbocycles. The highest BCUT2D eigenvalue weighted by atomic mass is 32.1. The minimum Gasteiger partial charge on any atom is -0.294 e. The second-order valence-corrected chi connectivity index (χ2v) is 2.74. The summed E-state index contributed by atoms with van der Waals surface area (Å²) in [6.07, 6.45) is 4.88. The molecule has 2 aromatic rings. The van der Waals surface area contributed by atoms with E-state index in [9.17, 15) is 0 Å². The van der Waals surface area contributed by atoms with Crippen molar-refractivity contribution in [1.29, 1.82) is 0 Å². The molecule has 3 heteroatoms. The number of rotatable bonds is 0. The molecule has 0 N–H and O–H groups in total. The highest BCUT2D eigenvalue weighted by molar-refractivity contribution is 7.15. The van der Waals surface area contributed by atoms with Gasteiger partial charge in [0, 0.05) is 17.3 Å². The summed E-state index contributed by atoms with van der Waals surface area (Å²) in [7, 11) is 0. The van der Waals surface area contributed by atoms with E-state index in [2.05, 4.69) is 11.2 Å². The van der Waals surface area contributed by atoms with Gasteiger partial charge < -0.3 is 0 Å². The van der Waals surface area contributed by atoms with Crippen LogP contribution in [0, 0.1) is 13.1 Å². The van der Waals surface area contributed by atoms with Crippen LogP contribution in [0.25, 0.3) is 4.96 Å². The van der Waals surface area contributed by atoms with Crippen molar-refractivity contribution in [3.63, 3.8) is 0 Å². The van der Waals surface area contributed by atoms with Crippen LogP contribution in [0.5, 0.6) is 0 Å². The van der Waals surface area contributed by atoms with E-state index < -0.39 is 0 Å².